The van der Waals surface area contributed by atoms with Crippen LogP contribution in [0.2, 0.25) is 0 Å². The molecule has 0 aromatic heterocycles. The molecule has 0 aliphatic carbocycles. The van der Waals surface area contributed by atoms with Crippen molar-refractivity contribution in [2.45, 2.75) is 10.4 Å². The van der Waals surface area contributed by atoms with Gasteiger partial charge in [0.25, 0.3) is 0 Å². The molecule has 0 fully saturated rings. The zero-order valence-electron chi connectivity index (χ0n) is 6.80. The number of halogens is 3. The fourth-order valence-corrected chi connectivity index (χ4v) is 1.50. The minimum atomic E-state index is -4.45. The minimum absolute atomic E-state index is 0.0346. The SMILES string of the molecule is NNc1cccc(O)c1SC(F)(F)F. The summed E-state index contributed by atoms with van der Waals surface area (Å²) in [7, 11) is 0. The Morgan fingerprint density at radius 2 is 2.00 bits per heavy atom. The Kier molecular flexibility index (Phi) is 3.12. The molecule has 1 rings (SSSR count). The van der Waals surface area contributed by atoms with Crippen molar-refractivity contribution >= 4 is 17.4 Å². The lowest BCUT2D eigenvalue weighted by molar-refractivity contribution is -0.0328. The van der Waals surface area contributed by atoms with Gasteiger partial charge in [0.2, 0.25) is 0 Å². The Morgan fingerprint density at radius 1 is 1.36 bits per heavy atom. The van der Waals surface area contributed by atoms with Gasteiger partial charge in [-0.3, -0.25) is 5.84 Å². The van der Waals surface area contributed by atoms with Crippen LogP contribution < -0.4 is 11.3 Å². The molecular formula is C7H7F3N2OS. The van der Waals surface area contributed by atoms with Crippen LogP contribution in [0, 0.1) is 0 Å². The second-order valence-corrected chi connectivity index (χ2v) is 3.42. The van der Waals surface area contributed by atoms with Crippen LogP contribution in [-0.4, -0.2) is 10.6 Å². The number of thioether (sulfide) groups is 1. The van der Waals surface area contributed by atoms with Crippen LogP contribution in [0.15, 0.2) is 23.1 Å². The van der Waals surface area contributed by atoms with Gasteiger partial charge in [0.05, 0.1) is 10.6 Å². The second-order valence-electron chi connectivity index (χ2n) is 2.35. The maximum absolute atomic E-state index is 12.0. The molecule has 14 heavy (non-hydrogen) atoms. The van der Waals surface area contributed by atoms with E-state index in [1.165, 1.54) is 12.1 Å². The number of benzene rings is 1. The summed E-state index contributed by atoms with van der Waals surface area (Å²) < 4.78 is 36.1. The number of aromatic hydroxyl groups is 1. The molecule has 0 spiro atoms. The molecule has 4 N–H and O–H groups in total. The standard InChI is InChI=1S/C7H7F3N2OS/c8-7(9,10)14-6-4(12-11)2-1-3-5(6)13/h1-3,12-13H,11H2. The van der Waals surface area contributed by atoms with Gasteiger partial charge in [-0.15, -0.1) is 0 Å². The van der Waals surface area contributed by atoms with E-state index in [0.717, 1.165) is 6.07 Å². The summed E-state index contributed by atoms with van der Waals surface area (Å²) in [6.07, 6.45) is 0. The molecule has 78 valence electrons. The molecule has 0 amide bonds. The topological polar surface area (TPSA) is 58.3 Å². The van der Waals surface area contributed by atoms with Gasteiger partial charge in [-0.25, -0.2) is 0 Å². The maximum atomic E-state index is 12.0. The first-order valence-corrected chi connectivity index (χ1v) is 4.30. The molecular weight excluding hydrogens is 217 g/mol. The van der Waals surface area contributed by atoms with Crippen molar-refractivity contribution in [3.05, 3.63) is 18.2 Å². The monoisotopic (exact) mass is 224 g/mol. The van der Waals surface area contributed by atoms with Gasteiger partial charge < -0.3 is 10.5 Å². The van der Waals surface area contributed by atoms with E-state index in [9.17, 15) is 13.2 Å². The number of nitrogen functional groups attached to an aromatic ring is 1. The van der Waals surface area contributed by atoms with Crippen molar-refractivity contribution in [3.8, 4) is 5.75 Å². The number of hydrogen-bond acceptors (Lipinski definition) is 4. The third-order valence-electron chi connectivity index (χ3n) is 1.37. The highest BCUT2D eigenvalue weighted by molar-refractivity contribution is 8.00. The first-order valence-electron chi connectivity index (χ1n) is 3.48. The summed E-state index contributed by atoms with van der Waals surface area (Å²) in [5.41, 5.74) is -2.34. The number of hydrogen-bond donors (Lipinski definition) is 3. The number of nitrogens with two attached hydrogens (primary N) is 1. The summed E-state index contributed by atoms with van der Waals surface area (Å²) in [4.78, 5) is -0.331. The summed E-state index contributed by atoms with van der Waals surface area (Å²) in [6.45, 7) is 0. The third-order valence-corrected chi connectivity index (χ3v) is 2.23. The van der Waals surface area contributed by atoms with Gasteiger partial charge in [-0.05, 0) is 23.9 Å². The van der Waals surface area contributed by atoms with Gasteiger partial charge in [-0.1, -0.05) is 6.07 Å². The number of anilines is 1. The van der Waals surface area contributed by atoms with E-state index in [1.807, 2.05) is 0 Å². The van der Waals surface area contributed by atoms with E-state index in [1.54, 1.807) is 0 Å². The Bertz CT molecular complexity index is 329. The zero-order chi connectivity index (χ0) is 10.8. The summed E-state index contributed by atoms with van der Waals surface area (Å²) in [5, 5.41) is 9.17. The predicted molar refractivity (Wildman–Crippen MR) is 47.8 cm³/mol. The van der Waals surface area contributed by atoms with Crippen LogP contribution in [0.1, 0.15) is 0 Å². The van der Waals surface area contributed by atoms with Crippen molar-refractivity contribution in [2.24, 2.45) is 5.84 Å². The number of phenolic OH excluding ortho intramolecular Hbond substituents is 1. The molecule has 0 atom stereocenters. The van der Waals surface area contributed by atoms with Gasteiger partial charge in [0.15, 0.2) is 0 Å². The molecule has 1 aromatic rings. The number of nitrogens with one attached hydrogen (secondary N) is 1. The quantitative estimate of drug-likeness (QED) is 0.410. The van der Waals surface area contributed by atoms with Crippen molar-refractivity contribution in [1.82, 2.24) is 0 Å². The summed E-state index contributed by atoms with van der Waals surface area (Å²) >= 11 is -0.414. The number of phenols is 1. The molecule has 0 radical (unpaired) electrons. The van der Waals surface area contributed by atoms with Crippen molar-refractivity contribution in [1.29, 1.82) is 0 Å². The van der Waals surface area contributed by atoms with E-state index in [4.69, 9.17) is 10.9 Å². The highest BCUT2D eigenvalue weighted by Crippen LogP contribution is 2.44. The van der Waals surface area contributed by atoms with E-state index in [-0.39, 0.29) is 10.6 Å². The smallest absolute Gasteiger partial charge is 0.446 e. The highest BCUT2D eigenvalue weighted by atomic mass is 32.2. The predicted octanol–water partition coefficient (Wildman–Crippen LogP) is 2.29. The van der Waals surface area contributed by atoms with Crippen LogP contribution in [0.5, 0.6) is 5.75 Å². The lowest BCUT2D eigenvalue weighted by atomic mass is 10.3. The van der Waals surface area contributed by atoms with E-state index in [0.29, 0.717) is 0 Å². The fraction of sp³-hybridized carbons (Fsp3) is 0.143. The Balaban J connectivity index is 3.05. The minimum Gasteiger partial charge on any atom is -0.507 e. The van der Waals surface area contributed by atoms with Crippen LogP contribution in [0.4, 0.5) is 18.9 Å². The molecule has 0 unspecified atom stereocenters. The van der Waals surface area contributed by atoms with Gasteiger partial charge in [0.1, 0.15) is 5.75 Å². The van der Waals surface area contributed by atoms with Crippen LogP contribution in [0.3, 0.4) is 0 Å². The van der Waals surface area contributed by atoms with E-state index >= 15 is 0 Å². The molecule has 0 saturated heterocycles. The number of rotatable bonds is 2. The molecule has 0 heterocycles. The van der Waals surface area contributed by atoms with Gasteiger partial charge >= 0.3 is 5.51 Å². The number of hydrazine groups is 1. The maximum Gasteiger partial charge on any atom is 0.446 e. The number of alkyl halides is 3. The average Bonchev–Trinajstić information content (AvgIpc) is 2.06. The van der Waals surface area contributed by atoms with Crippen molar-refractivity contribution < 1.29 is 18.3 Å². The molecule has 0 saturated carbocycles. The van der Waals surface area contributed by atoms with Gasteiger partial charge in [-0.2, -0.15) is 13.2 Å². The largest absolute Gasteiger partial charge is 0.507 e. The average molecular weight is 224 g/mol. The Labute approximate surface area is 82.1 Å². The first kappa shape index (κ1) is 11.0. The van der Waals surface area contributed by atoms with E-state index < -0.39 is 23.0 Å². The highest BCUT2D eigenvalue weighted by Gasteiger charge is 2.31. The van der Waals surface area contributed by atoms with Crippen molar-refractivity contribution in [3.63, 3.8) is 0 Å². The molecule has 0 aliphatic rings. The lowest BCUT2D eigenvalue weighted by Crippen LogP contribution is -2.09. The van der Waals surface area contributed by atoms with Crippen LogP contribution in [-0.2, 0) is 0 Å². The van der Waals surface area contributed by atoms with Crippen LogP contribution >= 0.6 is 11.8 Å². The normalized spacial score (nSPS) is 11.4. The molecule has 0 aliphatic heterocycles. The summed E-state index contributed by atoms with van der Waals surface area (Å²) in [6, 6.07) is 3.90. The summed E-state index contributed by atoms with van der Waals surface area (Å²) in [5.74, 6) is 4.54. The van der Waals surface area contributed by atoms with Crippen LogP contribution in [0.25, 0.3) is 0 Å². The molecule has 7 heteroatoms. The first-order chi connectivity index (χ1) is 6.44. The molecule has 1 aromatic carbocycles. The third kappa shape index (κ3) is 2.71. The van der Waals surface area contributed by atoms with E-state index in [2.05, 4.69) is 5.43 Å². The molecule has 3 nitrogen and oxygen atoms in total. The van der Waals surface area contributed by atoms with Crippen molar-refractivity contribution in [2.75, 3.05) is 5.43 Å². The fourth-order valence-electron chi connectivity index (χ4n) is 0.861. The molecule has 0 bridgehead atoms. The lowest BCUT2D eigenvalue weighted by Gasteiger charge is -2.11. The Morgan fingerprint density at radius 3 is 2.50 bits per heavy atom. The second kappa shape index (κ2) is 3.97. The zero-order valence-corrected chi connectivity index (χ0v) is 7.62. The van der Waals surface area contributed by atoms with Gasteiger partial charge in [0, 0.05) is 0 Å². The Hall–Kier alpha value is -1.08.